The maximum absolute atomic E-state index is 12.3. The molecule has 1 fully saturated rings. The van der Waals surface area contributed by atoms with Crippen molar-refractivity contribution in [2.24, 2.45) is 0 Å². The number of ether oxygens (including phenoxy) is 1. The van der Waals surface area contributed by atoms with Crippen molar-refractivity contribution in [1.29, 1.82) is 0 Å². The highest BCUT2D eigenvalue weighted by Gasteiger charge is 2.28. The number of likely N-dealkylation sites (N-methyl/N-ethyl adjacent to an activating group) is 1. The topological polar surface area (TPSA) is 58.6 Å². The first kappa shape index (κ1) is 13.7. The van der Waals surface area contributed by atoms with Crippen molar-refractivity contribution < 1.29 is 9.53 Å². The van der Waals surface area contributed by atoms with E-state index in [1.54, 1.807) is 18.6 Å². The van der Waals surface area contributed by atoms with Gasteiger partial charge < -0.3 is 14.5 Å². The van der Waals surface area contributed by atoms with E-state index in [0.717, 1.165) is 0 Å². The zero-order chi connectivity index (χ0) is 13.8. The number of anilines is 1. The van der Waals surface area contributed by atoms with Gasteiger partial charge in [0.05, 0.1) is 31.5 Å². The van der Waals surface area contributed by atoms with Gasteiger partial charge in [0.15, 0.2) is 0 Å². The fourth-order valence-electron chi connectivity index (χ4n) is 2.11. The summed E-state index contributed by atoms with van der Waals surface area (Å²) in [6.07, 6.45) is 4.99. The average Bonchev–Trinajstić information content (AvgIpc) is 2.42. The van der Waals surface area contributed by atoms with Gasteiger partial charge in [-0.2, -0.15) is 0 Å². The lowest BCUT2D eigenvalue weighted by atomic mass is 10.2. The van der Waals surface area contributed by atoms with Crippen LogP contribution in [0, 0.1) is 0 Å². The molecule has 2 heterocycles. The van der Waals surface area contributed by atoms with Crippen LogP contribution in [0.25, 0.3) is 0 Å². The van der Waals surface area contributed by atoms with Gasteiger partial charge in [0.25, 0.3) is 0 Å². The lowest BCUT2D eigenvalue weighted by molar-refractivity contribution is -0.141. The molecule has 1 aromatic heterocycles. The molecule has 0 unspecified atom stereocenters. The number of carbonyl (C=O) groups is 1. The summed E-state index contributed by atoms with van der Waals surface area (Å²) >= 11 is 0. The molecular formula is C13H20N4O2. The number of carbonyl (C=O) groups excluding carboxylic acids is 1. The highest BCUT2D eigenvalue weighted by atomic mass is 16.5. The van der Waals surface area contributed by atoms with E-state index < -0.39 is 0 Å². The van der Waals surface area contributed by atoms with Gasteiger partial charge in [0, 0.05) is 26.0 Å². The fourth-order valence-corrected chi connectivity index (χ4v) is 2.11. The minimum absolute atomic E-state index is 0.0933. The molecule has 1 aromatic rings. The Kier molecular flexibility index (Phi) is 4.31. The van der Waals surface area contributed by atoms with E-state index in [4.69, 9.17) is 4.74 Å². The number of morpholine rings is 1. The van der Waals surface area contributed by atoms with E-state index in [1.165, 1.54) is 0 Å². The van der Waals surface area contributed by atoms with Gasteiger partial charge in [0.1, 0.15) is 5.82 Å². The first-order valence-corrected chi connectivity index (χ1v) is 6.46. The van der Waals surface area contributed by atoms with Crippen LogP contribution in [0.4, 0.5) is 5.82 Å². The lowest BCUT2D eigenvalue weighted by Crippen LogP contribution is -2.52. The molecule has 1 aliphatic heterocycles. The van der Waals surface area contributed by atoms with Crippen LogP contribution in [0.2, 0.25) is 0 Å². The summed E-state index contributed by atoms with van der Waals surface area (Å²) in [7, 11) is 1.84. The number of aromatic nitrogens is 2. The Labute approximate surface area is 113 Å². The molecule has 0 aliphatic carbocycles. The second kappa shape index (κ2) is 5.97. The molecule has 2 rings (SSSR count). The first-order chi connectivity index (χ1) is 9.08. The quantitative estimate of drug-likeness (QED) is 0.798. The standard InChI is InChI=1S/C13H20N4O2/c1-10-9-19-11(2)7-17(10)13(18)8-16(3)12-6-14-4-5-15-12/h4-6,10-11H,7-9H2,1-3H3/t10-,11-/m1/s1. The van der Waals surface area contributed by atoms with E-state index in [1.807, 2.05) is 30.7 Å². The molecule has 0 saturated carbocycles. The SMILES string of the molecule is C[C@@H]1CN(C(=O)CN(C)c2cnccn2)[C@H](C)CO1. The summed E-state index contributed by atoms with van der Waals surface area (Å²) in [5.41, 5.74) is 0. The molecule has 1 aliphatic rings. The molecule has 19 heavy (non-hydrogen) atoms. The van der Waals surface area contributed by atoms with Crippen molar-refractivity contribution in [3.8, 4) is 0 Å². The molecule has 0 N–H and O–H groups in total. The minimum Gasteiger partial charge on any atom is -0.375 e. The number of rotatable bonds is 3. The van der Waals surface area contributed by atoms with Crippen molar-refractivity contribution in [1.82, 2.24) is 14.9 Å². The lowest BCUT2D eigenvalue weighted by Gasteiger charge is -2.37. The molecule has 2 atom stereocenters. The highest BCUT2D eigenvalue weighted by molar-refractivity contribution is 5.81. The summed E-state index contributed by atoms with van der Waals surface area (Å²) in [5.74, 6) is 0.792. The summed E-state index contributed by atoms with van der Waals surface area (Å²) < 4.78 is 5.53. The summed E-state index contributed by atoms with van der Waals surface area (Å²) in [6, 6.07) is 0.124. The van der Waals surface area contributed by atoms with Gasteiger partial charge >= 0.3 is 0 Å². The van der Waals surface area contributed by atoms with Crippen LogP contribution in [0.1, 0.15) is 13.8 Å². The van der Waals surface area contributed by atoms with Gasteiger partial charge in [-0.05, 0) is 13.8 Å². The van der Waals surface area contributed by atoms with Crippen molar-refractivity contribution in [2.75, 3.05) is 31.6 Å². The first-order valence-electron chi connectivity index (χ1n) is 6.46. The maximum atomic E-state index is 12.3. The second-order valence-corrected chi connectivity index (χ2v) is 4.96. The predicted molar refractivity (Wildman–Crippen MR) is 71.9 cm³/mol. The Bertz CT molecular complexity index is 426. The van der Waals surface area contributed by atoms with Crippen molar-refractivity contribution in [3.05, 3.63) is 18.6 Å². The second-order valence-electron chi connectivity index (χ2n) is 4.96. The van der Waals surface area contributed by atoms with E-state index in [-0.39, 0.29) is 18.1 Å². The zero-order valence-electron chi connectivity index (χ0n) is 11.6. The molecule has 104 valence electrons. The van der Waals surface area contributed by atoms with Crippen LogP contribution in [0.3, 0.4) is 0 Å². The van der Waals surface area contributed by atoms with Crippen LogP contribution in [-0.4, -0.2) is 59.7 Å². The van der Waals surface area contributed by atoms with Gasteiger partial charge in [-0.3, -0.25) is 9.78 Å². The van der Waals surface area contributed by atoms with Crippen molar-refractivity contribution in [3.63, 3.8) is 0 Å². The van der Waals surface area contributed by atoms with E-state index >= 15 is 0 Å². The molecule has 0 spiro atoms. The smallest absolute Gasteiger partial charge is 0.242 e. The predicted octanol–water partition coefficient (Wildman–Crippen LogP) is 0.549. The number of amides is 1. The third kappa shape index (κ3) is 3.41. The Morgan fingerprint density at radius 1 is 1.53 bits per heavy atom. The highest BCUT2D eigenvalue weighted by Crippen LogP contribution is 2.13. The van der Waals surface area contributed by atoms with Gasteiger partial charge in [-0.15, -0.1) is 0 Å². The summed E-state index contributed by atoms with van der Waals surface area (Å²) in [6.45, 7) is 5.54. The molecule has 0 aromatic carbocycles. The Morgan fingerprint density at radius 2 is 2.32 bits per heavy atom. The Hall–Kier alpha value is -1.69. The van der Waals surface area contributed by atoms with Crippen molar-refractivity contribution in [2.45, 2.75) is 26.0 Å². The molecular weight excluding hydrogens is 244 g/mol. The molecule has 0 bridgehead atoms. The molecule has 6 heteroatoms. The monoisotopic (exact) mass is 264 g/mol. The molecule has 1 saturated heterocycles. The summed E-state index contributed by atoms with van der Waals surface area (Å²) in [4.78, 5) is 24.2. The van der Waals surface area contributed by atoms with Crippen molar-refractivity contribution >= 4 is 11.7 Å². The summed E-state index contributed by atoms with van der Waals surface area (Å²) in [5, 5.41) is 0. The number of nitrogens with zero attached hydrogens (tertiary/aromatic N) is 4. The molecule has 0 radical (unpaired) electrons. The number of hydrogen-bond acceptors (Lipinski definition) is 5. The third-order valence-corrected chi connectivity index (χ3v) is 3.24. The molecule has 6 nitrogen and oxygen atoms in total. The van der Waals surface area contributed by atoms with Crippen LogP contribution in [0.5, 0.6) is 0 Å². The van der Waals surface area contributed by atoms with Gasteiger partial charge in [0.2, 0.25) is 5.91 Å². The third-order valence-electron chi connectivity index (χ3n) is 3.24. The normalized spacial score (nSPS) is 23.2. The van der Waals surface area contributed by atoms with Gasteiger partial charge in [-0.1, -0.05) is 0 Å². The van der Waals surface area contributed by atoms with Crippen LogP contribution in [-0.2, 0) is 9.53 Å². The zero-order valence-corrected chi connectivity index (χ0v) is 11.6. The largest absolute Gasteiger partial charge is 0.375 e. The maximum Gasteiger partial charge on any atom is 0.242 e. The fraction of sp³-hybridized carbons (Fsp3) is 0.615. The van der Waals surface area contributed by atoms with Crippen LogP contribution in [0.15, 0.2) is 18.6 Å². The minimum atomic E-state index is 0.0933. The Morgan fingerprint density at radius 3 is 3.00 bits per heavy atom. The van der Waals surface area contributed by atoms with Crippen LogP contribution >= 0.6 is 0 Å². The average molecular weight is 264 g/mol. The van der Waals surface area contributed by atoms with Crippen LogP contribution < -0.4 is 4.90 Å². The van der Waals surface area contributed by atoms with E-state index in [9.17, 15) is 4.79 Å². The van der Waals surface area contributed by atoms with E-state index in [0.29, 0.717) is 25.5 Å². The number of hydrogen-bond donors (Lipinski definition) is 0. The Balaban J connectivity index is 1.96. The molecule has 1 amide bonds. The van der Waals surface area contributed by atoms with E-state index in [2.05, 4.69) is 9.97 Å². The van der Waals surface area contributed by atoms with Gasteiger partial charge in [-0.25, -0.2) is 4.98 Å².